The number of β-amino-alcohol motifs (C(OH)–C–C–N with tert-alkyl or cyclic N) is 1. The van der Waals surface area contributed by atoms with Crippen LogP contribution in [0.3, 0.4) is 0 Å². The van der Waals surface area contributed by atoms with Crippen LogP contribution in [-0.2, 0) is 20.8 Å². The van der Waals surface area contributed by atoms with Gasteiger partial charge < -0.3 is 19.9 Å². The summed E-state index contributed by atoms with van der Waals surface area (Å²) in [5.74, 6) is 0.0325. The molecule has 2 aliphatic heterocycles. The third-order valence-electron chi connectivity index (χ3n) is 5.44. The van der Waals surface area contributed by atoms with Gasteiger partial charge in [-0.05, 0) is 37.0 Å². The second kappa shape index (κ2) is 10.9. The van der Waals surface area contributed by atoms with Crippen molar-refractivity contribution in [1.29, 1.82) is 0 Å². The second-order valence-corrected chi connectivity index (χ2v) is 8.68. The Kier molecular flexibility index (Phi) is 8.59. The molecule has 0 aliphatic carbocycles. The number of nitrogens with zero attached hydrogens (tertiary/aromatic N) is 1. The van der Waals surface area contributed by atoms with E-state index in [2.05, 4.69) is 10.2 Å². The molecule has 0 aromatic heterocycles. The lowest BCUT2D eigenvalue weighted by Gasteiger charge is -2.44. The maximum atomic E-state index is 12.1. The Morgan fingerprint density at radius 2 is 2.10 bits per heavy atom. The maximum Gasteiger partial charge on any atom is 0.222 e. The lowest BCUT2D eigenvalue weighted by Crippen LogP contribution is -2.55. The third kappa shape index (κ3) is 6.54. The first-order valence-electron chi connectivity index (χ1n) is 10.3. The molecule has 6 nitrogen and oxygen atoms in total. The molecular weight excluding hydrogens is 415 g/mol. The number of rotatable bonds is 6. The highest BCUT2D eigenvalue weighted by molar-refractivity contribution is 6.42. The van der Waals surface area contributed by atoms with Gasteiger partial charge in [0, 0.05) is 25.7 Å². The van der Waals surface area contributed by atoms with Gasteiger partial charge in [-0.2, -0.15) is 0 Å². The highest BCUT2D eigenvalue weighted by Crippen LogP contribution is 2.30. The molecule has 0 saturated carbocycles. The monoisotopic (exact) mass is 444 g/mol. The molecule has 2 aliphatic rings. The number of hydrogen-bond donors (Lipinski definition) is 2. The van der Waals surface area contributed by atoms with Gasteiger partial charge in [0.2, 0.25) is 5.91 Å². The van der Waals surface area contributed by atoms with Crippen molar-refractivity contribution in [1.82, 2.24) is 10.2 Å². The molecule has 0 unspecified atom stereocenters. The number of aliphatic hydroxyl groups excluding tert-OH is 1. The molecule has 0 radical (unpaired) electrons. The summed E-state index contributed by atoms with van der Waals surface area (Å²) in [7, 11) is 0. The van der Waals surface area contributed by atoms with E-state index in [1.54, 1.807) is 6.07 Å². The number of carbonyl (C=O) groups excluding carboxylic acids is 1. The normalized spacial score (nSPS) is 28.3. The fraction of sp³-hybridized carbons (Fsp3) is 0.667. The van der Waals surface area contributed by atoms with Crippen LogP contribution in [0.2, 0.25) is 10.0 Å². The zero-order valence-corrected chi connectivity index (χ0v) is 18.3. The van der Waals surface area contributed by atoms with Crippen molar-refractivity contribution in [2.75, 3.05) is 26.3 Å². The molecule has 162 valence electrons. The van der Waals surface area contributed by atoms with Crippen LogP contribution in [-0.4, -0.2) is 66.6 Å². The fourth-order valence-corrected chi connectivity index (χ4v) is 4.36. The summed E-state index contributed by atoms with van der Waals surface area (Å²) < 4.78 is 11.9. The molecule has 0 bridgehead atoms. The van der Waals surface area contributed by atoms with Crippen LogP contribution in [0.5, 0.6) is 0 Å². The van der Waals surface area contributed by atoms with Crippen LogP contribution >= 0.6 is 23.2 Å². The summed E-state index contributed by atoms with van der Waals surface area (Å²) in [6, 6.07) is 5.72. The predicted octanol–water partition coefficient (Wildman–Crippen LogP) is 3.02. The number of carbonyl (C=O) groups is 1. The van der Waals surface area contributed by atoms with Gasteiger partial charge >= 0.3 is 0 Å². The molecule has 0 spiro atoms. The van der Waals surface area contributed by atoms with E-state index in [9.17, 15) is 9.90 Å². The van der Waals surface area contributed by atoms with Crippen LogP contribution in [0.4, 0.5) is 0 Å². The smallest absolute Gasteiger partial charge is 0.222 e. The summed E-state index contributed by atoms with van der Waals surface area (Å²) in [6.07, 6.45) is 2.18. The average Bonchev–Trinajstić information content (AvgIpc) is 2.68. The van der Waals surface area contributed by atoms with E-state index in [0.717, 1.165) is 24.8 Å². The van der Waals surface area contributed by atoms with Gasteiger partial charge in [-0.25, -0.2) is 0 Å². The van der Waals surface area contributed by atoms with Gasteiger partial charge in [0.1, 0.15) is 0 Å². The van der Waals surface area contributed by atoms with Crippen molar-refractivity contribution in [2.45, 2.75) is 63.5 Å². The SMILES string of the molecule is CCCNC(=O)C[C@@H]1CC[C@@H]2[C@H](COC[C@H](O)CN2Cc2ccc(Cl)c(Cl)c2)O1. The van der Waals surface area contributed by atoms with Crippen molar-refractivity contribution >= 4 is 29.1 Å². The molecule has 1 amide bonds. The summed E-state index contributed by atoms with van der Waals surface area (Å²) in [5.41, 5.74) is 1.04. The lowest BCUT2D eigenvalue weighted by atomic mass is 9.94. The van der Waals surface area contributed by atoms with E-state index >= 15 is 0 Å². The number of benzene rings is 1. The van der Waals surface area contributed by atoms with Crippen LogP contribution in [0.25, 0.3) is 0 Å². The standard InChI is InChI=1S/C21H30Cl2N2O4/c1-2-7-24-21(27)9-16-4-6-19-20(29-16)13-28-12-15(26)11-25(19)10-14-3-5-17(22)18(23)8-14/h3,5,8,15-16,19-20,26H,2,4,6-7,9-13H2,1H3,(H,24,27)/t15-,16+,19-,20+/m1/s1. The van der Waals surface area contributed by atoms with Gasteiger partial charge in [0.05, 0.1) is 48.0 Å². The van der Waals surface area contributed by atoms with Crippen LogP contribution in [0.1, 0.15) is 38.2 Å². The minimum Gasteiger partial charge on any atom is -0.389 e. The van der Waals surface area contributed by atoms with Crippen LogP contribution in [0, 0.1) is 0 Å². The van der Waals surface area contributed by atoms with Crippen LogP contribution < -0.4 is 5.32 Å². The third-order valence-corrected chi connectivity index (χ3v) is 6.18. The first-order valence-corrected chi connectivity index (χ1v) is 11.1. The Labute approximate surface area is 182 Å². The fourth-order valence-electron chi connectivity index (χ4n) is 4.04. The van der Waals surface area contributed by atoms with Crippen molar-refractivity contribution < 1.29 is 19.4 Å². The van der Waals surface area contributed by atoms with Gasteiger partial charge in [-0.3, -0.25) is 9.69 Å². The highest BCUT2D eigenvalue weighted by Gasteiger charge is 2.38. The first-order chi connectivity index (χ1) is 14.0. The van der Waals surface area contributed by atoms with Crippen molar-refractivity contribution in [3.05, 3.63) is 33.8 Å². The Morgan fingerprint density at radius 3 is 2.86 bits per heavy atom. The van der Waals surface area contributed by atoms with Gasteiger partial charge in [-0.1, -0.05) is 36.2 Å². The Morgan fingerprint density at radius 1 is 1.28 bits per heavy atom. The summed E-state index contributed by atoms with van der Waals surface area (Å²) in [4.78, 5) is 14.3. The zero-order valence-electron chi connectivity index (χ0n) is 16.8. The van der Waals surface area contributed by atoms with Crippen LogP contribution in [0.15, 0.2) is 18.2 Å². The molecule has 2 heterocycles. The number of hydrogen-bond acceptors (Lipinski definition) is 5. The largest absolute Gasteiger partial charge is 0.389 e. The van der Waals surface area contributed by atoms with Gasteiger partial charge in [0.15, 0.2) is 0 Å². The maximum absolute atomic E-state index is 12.1. The number of nitrogens with one attached hydrogen (secondary N) is 1. The lowest BCUT2D eigenvalue weighted by molar-refractivity contribution is -0.158. The first kappa shape index (κ1) is 22.8. The minimum absolute atomic E-state index is 0.0325. The van der Waals surface area contributed by atoms with E-state index in [1.807, 2.05) is 19.1 Å². The summed E-state index contributed by atoms with van der Waals surface area (Å²) in [5, 5.41) is 14.3. The molecule has 3 rings (SSSR count). The summed E-state index contributed by atoms with van der Waals surface area (Å²) >= 11 is 12.2. The second-order valence-electron chi connectivity index (χ2n) is 7.86. The Bertz CT molecular complexity index is 691. The molecule has 4 atom stereocenters. The quantitative estimate of drug-likeness (QED) is 0.705. The topological polar surface area (TPSA) is 71.0 Å². The molecule has 29 heavy (non-hydrogen) atoms. The van der Waals surface area contributed by atoms with Gasteiger partial charge in [0.25, 0.3) is 0 Å². The minimum atomic E-state index is -0.559. The summed E-state index contributed by atoms with van der Waals surface area (Å²) in [6.45, 7) is 4.53. The molecule has 2 fully saturated rings. The number of aliphatic hydroxyl groups is 1. The van der Waals surface area contributed by atoms with Crippen molar-refractivity contribution in [3.8, 4) is 0 Å². The Balaban J connectivity index is 1.67. The van der Waals surface area contributed by atoms with Crippen molar-refractivity contribution in [3.63, 3.8) is 0 Å². The number of ether oxygens (including phenoxy) is 2. The molecule has 2 saturated heterocycles. The predicted molar refractivity (Wildman–Crippen MR) is 113 cm³/mol. The van der Waals surface area contributed by atoms with E-state index in [-0.39, 0.29) is 30.8 Å². The van der Waals surface area contributed by atoms with E-state index < -0.39 is 6.10 Å². The van der Waals surface area contributed by atoms with E-state index in [0.29, 0.717) is 42.7 Å². The molecule has 1 aromatic rings. The number of halogens is 2. The highest BCUT2D eigenvalue weighted by atomic mass is 35.5. The van der Waals surface area contributed by atoms with Gasteiger partial charge in [-0.15, -0.1) is 0 Å². The molecule has 8 heteroatoms. The molecule has 2 N–H and O–H groups in total. The molecular formula is C21H30Cl2N2O4. The van der Waals surface area contributed by atoms with E-state index in [4.69, 9.17) is 32.7 Å². The zero-order chi connectivity index (χ0) is 20.8. The Hall–Kier alpha value is -0.890. The number of amides is 1. The van der Waals surface area contributed by atoms with E-state index in [1.165, 1.54) is 0 Å². The van der Waals surface area contributed by atoms with Crippen molar-refractivity contribution in [2.24, 2.45) is 0 Å². The number of fused-ring (bicyclic) bond motifs is 1. The molecule has 1 aromatic carbocycles. The average molecular weight is 445 g/mol.